The maximum absolute atomic E-state index is 12.4. The molecule has 1 aromatic heterocycles. The summed E-state index contributed by atoms with van der Waals surface area (Å²) in [6.07, 6.45) is 0.663. The van der Waals surface area contributed by atoms with Gasteiger partial charge in [-0.1, -0.05) is 24.3 Å². The number of aliphatic hydroxyl groups excluding tert-OH is 1. The topological polar surface area (TPSA) is 73.6 Å². The van der Waals surface area contributed by atoms with Gasteiger partial charge in [0.05, 0.1) is 50.2 Å². The lowest BCUT2D eigenvalue weighted by Gasteiger charge is -2.13. The summed E-state index contributed by atoms with van der Waals surface area (Å²) in [5.41, 5.74) is 1.46. The fraction of sp³-hybridized carbons (Fsp3) is 0.263. The van der Waals surface area contributed by atoms with Gasteiger partial charge in [0.1, 0.15) is 5.75 Å². The predicted molar refractivity (Wildman–Crippen MR) is 94.7 cm³/mol. The summed E-state index contributed by atoms with van der Waals surface area (Å²) in [7, 11) is 1.62. The van der Waals surface area contributed by atoms with E-state index in [0.717, 1.165) is 11.3 Å². The zero-order chi connectivity index (χ0) is 17.6. The summed E-state index contributed by atoms with van der Waals surface area (Å²) in [6.45, 7) is 0.649. The Balaban J connectivity index is 1.56. The maximum Gasteiger partial charge on any atom is 0.261 e. The fourth-order valence-corrected chi connectivity index (χ4v) is 2.55. The van der Waals surface area contributed by atoms with Gasteiger partial charge in [0.2, 0.25) is 0 Å². The minimum atomic E-state index is -0.793. The number of benzene rings is 2. The number of rotatable bonds is 7. The predicted octanol–water partition coefficient (Wildman–Crippen LogP) is 1.98. The van der Waals surface area contributed by atoms with Crippen molar-refractivity contribution in [3.8, 4) is 5.75 Å². The highest BCUT2D eigenvalue weighted by Gasteiger charge is 2.09. The molecule has 1 unspecified atom stereocenters. The summed E-state index contributed by atoms with van der Waals surface area (Å²) in [5.74, 6) is 0.784. The number of hydrogen-bond donors (Lipinski definition) is 1. The molecule has 6 nitrogen and oxygen atoms in total. The molecule has 0 saturated carbocycles. The molecule has 1 atom stereocenters. The van der Waals surface area contributed by atoms with Crippen LogP contribution in [-0.4, -0.2) is 34.5 Å². The second-order valence-electron chi connectivity index (χ2n) is 5.74. The SMILES string of the molecule is COc1ccc(COCC(O)Cn2cnc3ccccc3c2=O)cc1. The van der Waals surface area contributed by atoms with Crippen LogP contribution in [0.15, 0.2) is 59.7 Å². The van der Waals surface area contributed by atoms with E-state index >= 15 is 0 Å². The minimum absolute atomic E-state index is 0.130. The first-order valence-corrected chi connectivity index (χ1v) is 8.00. The second-order valence-corrected chi connectivity index (χ2v) is 5.74. The van der Waals surface area contributed by atoms with Gasteiger partial charge < -0.3 is 14.6 Å². The van der Waals surface area contributed by atoms with Gasteiger partial charge in [0.25, 0.3) is 5.56 Å². The molecule has 0 bridgehead atoms. The van der Waals surface area contributed by atoms with Crippen LogP contribution in [-0.2, 0) is 17.9 Å². The highest BCUT2D eigenvalue weighted by atomic mass is 16.5. The fourth-order valence-electron chi connectivity index (χ4n) is 2.55. The molecule has 130 valence electrons. The van der Waals surface area contributed by atoms with Crippen LogP contribution >= 0.6 is 0 Å². The Kier molecular flexibility index (Phi) is 5.42. The molecule has 25 heavy (non-hydrogen) atoms. The third-order valence-electron chi connectivity index (χ3n) is 3.88. The van der Waals surface area contributed by atoms with Crippen molar-refractivity contribution in [2.75, 3.05) is 13.7 Å². The number of methoxy groups -OCH3 is 1. The lowest BCUT2D eigenvalue weighted by molar-refractivity contribution is 0.0198. The molecule has 1 N–H and O–H groups in total. The van der Waals surface area contributed by atoms with Crippen molar-refractivity contribution in [1.29, 1.82) is 0 Å². The molecule has 0 fully saturated rings. The van der Waals surface area contributed by atoms with Gasteiger partial charge in [-0.3, -0.25) is 9.36 Å². The smallest absolute Gasteiger partial charge is 0.261 e. The third-order valence-corrected chi connectivity index (χ3v) is 3.88. The van der Waals surface area contributed by atoms with Gasteiger partial charge >= 0.3 is 0 Å². The highest BCUT2D eigenvalue weighted by Crippen LogP contribution is 2.12. The van der Waals surface area contributed by atoms with Crippen LogP contribution in [0.4, 0.5) is 0 Å². The van der Waals surface area contributed by atoms with Gasteiger partial charge in [0, 0.05) is 0 Å². The molecular formula is C19H20N2O4. The molecule has 2 aromatic carbocycles. The Morgan fingerprint density at radius 1 is 1.16 bits per heavy atom. The van der Waals surface area contributed by atoms with E-state index in [1.54, 1.807) is 25.3 Å². The van der Waals surface area contributed by atoms with Crippen LogP contribution < -0.4 is 10.3 Å². The van der Waals surface area contributed by atoms with Gasteiger partial charge in [-0.15, -0.1) is 0 Å². The highest BCUT2D eigenvalue weighted by molar-refractivity contribution is 5.76. The quantitative estimate of drug-likeness (QED) is 0.712. The van der Waals surface area contributed by atoms with Crippen molar-refractivity contribution in [1.82, 2.24) is 9.55 Å². The molecule has 3 aromatic rings. The number of fused-ring (bicyclic) bond motifs is 1. The van der Waals surface area contributed by atoms with Crippen molar-refractivity contribution in [2.24, 2.45) is 0 Å². The number of para-hydroxylation sites is 1. The number of aromatic nitrogens is 2. The largest absolute Gasteiger partial charge is 0.497 e. The Bertz CT molecular complexity index is 890. The molecule has 6 heteroatoms. The zero-order valence-electron chi connectivity index (χ0n) is 14.0. The summed E-state index contributed by atoms with van der Waals surface area (Å²) in [6, 6.07) is 14.7. The van der Waals surface area contributed by atoms with E-state index in [9.17, 15) is 9.90 Å². The van der Waals surface area contributed by atoms with E-state index in [1.165, 1.54) is 10.9 Å². The molecule has 0 saturated heterocycles. The summed E-state index contributed by atoms with van der Waals surface area (Å²) in [4.78, 5) is 16.6. The molecule has 0 spiro atoms. The van der Waals surface area contributed by atoms with Crippen LogP contribution in [0.3, 0.4) is 0 Å². The van der Waals surface area contributed by atoms with E-state index < -0.39 is 6.10 Å². The van der Waals surface area contributed by atoms with Crippen molar-refractivity contribution < 1.29 is 14.6 Å². The molecule has 0 aliphatic heterocycles. The average Bonchev–Trinajstić information content (AvgIpc) is 2.65. The van der Waals surface area contributed by atoms with Gasteiger partial charge in [-0.05, 0) is 29.8 Å². The van der Waals surface area contributed by atoms with Crippen molar-refractivity contribution in [3.63, 3.8) is 0 Å². The minimum Gasteiger partial charge on any atom is -0.497 e. The molecular weight excluding hydrogens is 320 g/mol. The van der Waals surface area contributed by atoms with Crippen molar-refractivity contribution in [3.05, 3.63) is 70.8 Å². The summed E-state index contributed by atoms with van der Waals surface area (Å²) in [5, 5.41) is 10.7. The molecule has 0 aliphatic rings. The van der Waals surface area contributed by atoms with Crippen molar-refractivity contribution >= 4 is 10.9 Å². The number of nitrogens with zero attached hydrogens (tertiary/aromatic N) is 2. The van der Waals surface area contributed by atoms with E-state index in [0.29, 0.717) is 17.5 Å². The van der Waals surface area contributed by atoms with Crippen LogP contribution in [0.1, 0.15) is 5.56 Å². The lowest BCUT2D eigenvalue weighted by Crippen LogP contribution is -2.29. The standard InChI is InChI=1S/C19H20N2O4/c1-24-16-8-6-14(7-9-16)11-25-12-15(22)10-21-13-20-18-5-3-2-4-17(18)19(21)23/h2-9,13,15,22H,10-12H2,1H3. The van der Waals surface area contributed by atoms with E-state index in [1.807, 2.05) is 30.3 Å². The number of hydrogen-bond acceptors (Lipinski definition) is 5. The van der Waals surface area contributed by atoms with Crippen LogP contribution in [0.25, 0.3) is 10.9 Å². The van der Waals surface area contributed by atoms with E-state index in [-0.39, 0.29) is 18.7 Å². The molecule has 0 amide bonds. The second kappa shape index (κ2) is 7.92. The first kappa shape index (κ1) is 17.1. The Morgan fingerprint density at radius 2 is 1.92 bits per heavy atom. The first-order chi connectivity index (χ1) is 12.2. The zero-order valence-corrected chi connectivity index (χ0v) is 14.0. The van der Waals surface area contributed by atoms with Crippen molar-refractivity contribution in [2.45, 2.75) is 19.3 Å². The van der Waals surface area contributed by atoms with Gasteiger partial charge in [-0.2, -0.15) is 0 Å². The van der Waals surface area contributed by atoms with Crippen LogP contribution in [0, 0.1) is 0 Å². The van der Waals surface area contributed by atoms with Gasteiger partial charge in [0.15, 0.2) is 0 Å². The van der Waals surface area contributed by atoms with Crippen LogP contribution in [0.2, 0.25) is 0 Å². The lowest BCUT2D eigenvalue weighted by atomic mass is 10.2. The maximum atomic E-state index is 12.4. The average molecular weight is 340 g/mol. The van der Waals surface area contributed by atoms with E-state index in [4.69, 9.17) is 9.47 Å². The normalized spacial score (nSPS) is 12.2. The third kappa shape index (κ3) is 4.23. The van der Waals surface area contributed by atoms with E-state index in [2.05, 4.69) is 4.98 Å². The Hall–Kier alpha value is -2.70. The monoisotopic (exact) mass is 340 g/mol. The van der Waals surface area contributed by atoms with Gasteiger partial charge in [-0.25, -0.2) is 4.98 Å². The van der Waals surface area contributed by atoms with Crippen LogP contribution in [0.5, 0.6) is 5.75 Å². The Labute approximate surface area is 145 Å². The first-order valence-electron chi connectivity index (χ1n) is 8.00. The Morgan fingerprint density at radius 3 is 2.68 bits per heavy atom. The summed E-state index contributed by atoms with van der Waals surface area (Å²) < 4.78 is 12.0. The molecule has 0 aliphatic carbocycles. The number of ether oxygens (including phenoxy) is 2. The number of aliphatic hydroxyl groups is 1. The summed E-state index contributed by atoms with van der Waals surface area (Å²) >= 11 is 0. The molecule has 0 radical (unpaired) electrons. The molecule has 1 heterocycles. The molecule has 3 rings (SSSR count).